The van der Waals surface area contributed by atoms with Crippen LogP contribution in [0.1, 0.15) is 21.5 Å². The van der Waals surface area contributed by atoms with Gasteiger partial charge in [-0.2, -0.15) is 0 Å². The van der Waals surface area contributed by atoms with Crippen molar-refractivity contribution in [3.05, 3.63) is 103 Å². The number of hydrogen-bond donors (Lipinski definition) is 0. The highest BCUT2D eigenvalue weighted by Crippen LogP contribution is 2.29. The molecule has 0 fully saturated rings. The zero-order valence-corrected chi connectivity index (χ0v) is 19.6. The summed E-state index contributed by atoms with van der Waals surface area (Å²) in [5.41, 5.74) is 1.60. The predicted molar refractivity (Wildman–Crippen MR) is 125 cm³/mol. The number of esters is 2. The van der Waals surface area contributed by atoms with E-state index in [0.29, 0.717) is 21.7 Å². The van der Waals surface area contributed by atoms with Gasteiger partial charge in [-0.3, -0.25) is 0 Å². The third-order valence-electron chi connectivity index (χ3n) is 4.26. The van der Waals surface area contributed by atoms with Gasteiger partial charge in [0.2, 0.25) is 5.90 Å². The van der Waals surface area contributed by atoms with Crippen molar-refractivity contribution < 1.29 is 19.1 Å². The second kappa shape index (κ2) is 9.18. The van der Waals surface area contributed by atoms with Crippen LogP contribution in [0.15, 0.2) is 86.4 Å². The van der Waals surface area contributed by atoms with E-state index >= 15 is 0 Å². The largest absolute Gasteiger partial charge is 0.422 e. The molecule has 154 valence electrons. The van der Waals surface area contributed by atoms with Gasteiger partial charge in [-0.15, -0.1) is 0 Å². The predicted octanol–water partition coefficient (Wildman–Crippen LogP) is 6.43. The van der Waals surface area contributed by atoms with E-state index in [1.54, 1.807) is 66.7 Å². The molecule has 0 saturated heterocycles. The fraction of sp³-hybridized carbons (Fsp3) is 0. The topological polar surface area (TPSA) is 65.0 Å². The van der Waals surface area contributed by atoms with Crippen LogP contribution >= 0.6 is 43.5 Å². The van der Waals surface area contributed by atoms with Crippen LogP contribution in [0.25, 0.3) is 6.08 Å². The Morgan fingerprint density at radius 3 is 2.35 bits per heavy atom. The minimum absolute atomic E-state index is 0.0870. The molecule has 1 aliphatic rings. The van der Waals surface area contributed by atoms with Crippen molar-refractivity contribution >= 4 is 67.4 Å². The zero-order valence-electron chi connectivity index (χ0n) is 15.6. The van der Waals surface area contributed by atoms with Crippen LogP contribution in [-0.4, -0.2) is 17.8 Å². The van der Waals surface area contributed by atoms with E-state index in [1.807, 2.05) is 0 Å². The summed E-state index contributed by atoms with van der Waals surface area (Å²) in [7, 11) is 0. The van der Waals surface area contributed by atoms with Gasteiger partial charge in [-0.1, -0.05) is 43.5 Å². The quantitative estimate of drug-likeness (QED) is 0.209. The Hall–Kier alpha value is -2.74. The Labute approximate surface area is 199 Å². The van der Waals surface area contributed by atoms with Crippen molar-refractivity contribution in [2.45, 2.75) is 0 Å². The normalized spacial score (nSPS) is 14.4. The fourth-order valence-corrected chi connectivity index (χ4v) is 3.51. The van der Waals surface area contributed by atoms with E-state index in [4.69, 9.17) is 21.1 Å². The number of benzene rings is 3. The number of rotatable bonds is 4. The Kier molecular flexibility index (Phi) is 6.36. The Bertz CT molecular complexity index is 1240. The van der Waals surface area contributed by atoms with Crippen molar-refractivity contribution in [3.63, 3.8) is 0 Å². The van der Waals surface area contributed by atoms with Gasteiger partial charge >= 0.3 is 11.9 Å². The maximum absolute atomic E-state index is 12.5. The molecular weight excluding hydrogens is 550 g/mol. The number of ether oxygens (including phenoxy) is 2. The molecule has 31 heavy (non-hydrogen) atoms. The third-order valence-corrected chi connectivity index (χ3v) is 5.53. The minimum Gasteiger partial charge on any atom is -0.422 e. The minimum atomic E-state index is -0.602. The lowest BCUT2D eigenvalue weighted by atomic mass is 10.1. The maximum atomic E-state index is 12.5. The van der Waals surface area contributed by atoms with Crippen molar-refractivity contribution in [1.29, 1.82) is 0 Å². The number of nitrogens with zero attached hydrogens (tertiary/aromatic N) is 1. The molecule has 4 rings (SSSR count). The first-order chi connectivity index (χ1) is 14.9. The van der Waals surface area contributed by atoms with Crippen LogP contribution < -0.4 is 4.74 Å². The van der Waals surface area contributed by atoms with E-state index < -0.39 is 11.9 Å². The van der Waals surface area contributed by atoms with Crippen LogP contribution in [0.2, 0.25) is 5.02 Å². The number of aliphatic imine (C=N–C) groups is 1. The van der Waals surface area contributed by atoms with E-state index in [9.17, 15) is 9.59 Å². The van der Waals surface area contributed by atoms with Crippen molar-refractivity contribution in [2.75, 3.05) is 0 Å². The summed E-state index contributed by atoms with van der Waals surface area (Å²) < 4.78 is 12.4. The molecule has 0 unspecified atom stereocenters. The molecule has 1 heterocycles. The van der Waals surface area contributed by atoms with E-state index in [-0.39, 0.29) is 17.3 Å². The first-order valence-electron chi connectivity index (χ1n) is 8.95. The van der Waals surface area contributed by atoms with Crippen molar-refractivity contribution in [1.82, 2.24) is 0 Å². The number of halogens is 3. The first-order valence-corrected chi connectivity index (χ1v) is 10.9. The molecule has 0 aliphatic carbocycles. The highest BCUT2D eigenvalue weighted by atomic mass is 79.9. The Morgan fingerprint density at radius 1 is 0.968 bits per heavy atom. The highest BCUT2D eigenvalue weighted by molar-refractivity contribution is 9.10. The Morgan fingerprint density at radius 2 is 1.65 bits per heavy atom. The molecule has 0 N–H and O–H groups in total. The first kappa shape index (κ1) is 21.5. The molecule has 0 radical (unpaired) electrons. The number of hydrogen-bond acceptors (Lipinski definition) is 5. The van der Waals surface area contributed by atoms with Gasteiger partial charge in [-0.25, -0.2) is 14.6 Å². The summed E-state index contributed by atoms with van der Waals surface area (Å²) in [6.45, 7) is 0. The van der Waals surface area contributed by atoms with Crippen LogP contribution in [0.4, 0.5) is 0 Å². The number of carbonyl (C=O) groups is 2. The smallest absolute Gasteiger partial charge is 0.363 e. The lowest BCUT2D eigenvalue weighted by Crippen LogP contribution is -2.09. The molecule has 0 bridgehead atoms. The highest BCUT2D eigenvalue weighted by Gasteiger charge is 2.25. The average molecular weight is 562 g/mol. The summed E-state index contributed by atoms with van der Waals surface area (Å²) in [5.74, 6) is -0.660. The Balaban J connectivity index is 1.64. The van der Waals surface area contributed by atoms with E-state index in [0.717, 1.165) is 8.95 Å². The molecule has 1 aliphatic heterocycles. The lowest BCUT2D eigenvalue weighted by molar-refractivity contribution is -0.129. The fourth-order valence-electron chi connectivity index (χ4n) is 2.74. The standard InChI is InChI=1S/C23H12Br2ClNO4/c24-16-5-1-14(2-6-16)22(28)30-20-10-7-17(25)11-15(20)12-19-23(29)31-21(27-19)13-3-8-18(26)9-4-13/h1-12H/b19-12+. The molecule has 5 nitrogen and oxygen atoms in total. The van der Waals surface area contributed by atoms with E-state index in [1.165, 1.54) is 6.08 Å². The van der Waals surface area contributed by atoms with Crippen molar-refractivity contribution in [3.8, 4) is 5.75 Å². The van der Waals surface area contributed by atoms with Crippen LogP contribution in [0.5, 0.6) is 5.75 Å². The van der Waals surface area contributed by atoms with Gasteiger partial charge < -0.3 is 9.47 Å². The lowest BCUT2D eigenvalue weighted by Gasteiger charge is -2.08. The van der Waals surface area contributed by atoms with E-state index in [2.05, 4.69) is 36.9 Å². The van der Waals surface area contributed by atoms with Crippen LogP contribution in [0.3, 0.4) is 0 Å². The molecule has 0 amide bonds. The molecular formula is C23H12Br2ClNO4. The van der Waals surface area contributed by atoms with Gasteiger partial charge in [0.15, 0.2) is 5.70 Å². The summed E-state index contributed by atoms with van der Waals surface area (Å²) in [4.78, 5) is 29.2. The van der Waals surface area contributed by atoms with Gasteiger partial charge in [0, 0.05) is 25.1 Å². The van der Waals surface area contributed by atoms with Crippen LogP contribution in [-0.2, 0) is 9.53 Å². The summed E-state index contributed by atoms with van der Waals surface area (Å²) in [6, 6.07) is 18.7. The van der Waals surface area contributed by atoms with Gasteiger partial charge in [0.1, 0.15) is 5.75 Å². The molecule has 0 spiro atoms. The summed E-state index contributed by atoms with van der Waals surface area (Å²) in [6.07, 6.45) is 1.51. The van der Waals surface area contributed by atoms with Gasteiger partial charge in [0.25, 0.3) is 0 Å². The maximum Gasteiger partial charge on any atom is 0.363 e. The van der Waals surface area contributed by atoms with Crippen molar-refractivity contribution in [2.24, 2.45) is 4.99 Å². The molecule has 8 heteroatoms. The number of cyclic esters (lactones) is 1. The SMILES string of the molecule is O=C1OC(c2ccc(Cl)cc2)=N/C1=C/c1cc(Br)ccc1OC(=O)c1ccc(Br)cc1. The second-order valence-corrected chi connectivity index (χ2v) is 8.69. The van der Waals surface area contributed by atoms with Crippen LogP contribution in [0, 0.1) is 0 Å². The molecule has 3 aromatic rings. The molecule has 0 aromatic heterocycles. The van der Waals surface area contributed by atoms with Gasteiger partial charge in [0.05, 0.1) is 5.56 Å². The average Bonchev–Trinajstić information content (AvgIpc) is 3.11. The van der Waals surface area contributed by atoms with Gasteiger partial charge in [-0.05, 0) is 72.8 Å². The molecule has 0 saturated carbocycles. The molecule has 3 aromatic carbocycles. The second-order valence-electron chi connectivity index (χ2n) is 6.42. The summed E-state index contributed by atoms with van der Waals surface area (Å²) in [5, 5.41) is 0.566. The number of carbonyl (C=O) groups excluding carboxylic acids is 2. The summed E-state index contributed by atoms with van der Waals surface area (Å²) >= 11 is 12.6. The monoisotopic (exact) mass is 559 g/mol. The third kappa shape index (κ3) is 5.12. The molecule has 0 atom stereocenters. The zero-order chi connectivity index (χ0) is 22.0.